The molecule has 1 saturated heterocycles. The molecule has 1 saturated carbocycles. The summed E-state index contributed by atoms with van der Waals surface area (Å²) in [6, 6.07) is 7.99. The third kappa shape index (κ3) is 6.18. The van der Waals surface area contributed by atoms with Crippen molar-refractivity contribution in [2.45, 2.75) is 45.2 Å². The molecule has 0 radical (unpaired) electrons. The molecule has 0 spiro atoms. The minimum Gasteiger partial charge on any atom is -0.379 e. The molecule has 1 heterocycles. The van der Waals surface area contributed by atoms with Crippen LogP contribution in [-0.2, 0) is 16.1 Å². The molecule has 1 aromatic carbocycles. The Bertz CT molecular complexity index is 709. The first-order valence-corrected chi connectivity index (χ1v) is 10.6. The van der Waals surface area contributed by atoms with Crippen LogP contribution in [0.1, 0.15) is 38.7 Å². The fourth-order valence-corrected chi connectivity index (χ4v) is 3.66. The van der Waals surface area contributed by atoms with E-state index in [2.05, 4.69) is 45.8 Å². The number of nitrogens with zero attached hydrogens (tertiary/aromatic N) is 2. The Balaban J connectivity index is 1.47. The van der Waals surface area contributed by atoms with Gasteiger partial charge in [-0.2, -0.15) is 0 Å². The number of ether oxygens (including phenoxy) is 1. The summed E-state index contributed by atoms with van der Waals surface area (Å²) in [4.78, 5) is 19.0. The molecule has 2 fully saturated rings. The standard InChI is InChI=1S/C22H35N5O2/c1-22(2,27-10-12-29-13-11-27)16-25-21(23-3)24-15-17-6-4-9-19(14-17)26-20(28)18-7-5-8-18/h4,6,9,14,18H,5,7-8,10-13,15-16H2,1-3H3,(H,26,28)(H2,23,24,25). The van der Waals surface area contributed by atoms with Crippen LogP contribution in [0, 0.1) is 5.92 Å². The van der Waals surface area contributed by atoms with Gasteiger partial charge in [0.15, 0.2) is 5.96 Å². The molecule has 1 amide bonds. The van der Waals surface area contributed by atoms with E-state index < -0.39 is 0 Å². The molecular formula is C22H35N5O2. The summed E-state index contributed by atoms with van der Waals surface area (Å²) in [6.45, 7) is 9.43. The highest BCUT2D eigenvalue weighted by Crippen LogP contribution is 2.27. The van der Waals surface area contributed by atoms with E-state index in [4.69, 9.17) is 4.74 Å². The molecule has 3 rings (SSSR count). The van der Waals surface area contributed by atoms with Crippen molar-refractivity contribution < 1.29 is 9.53 Å². The Morgan fingerprint density at radius 3 is 2.66 bits per heavy atom. The molecule has 1 aliphatic carbocycles. The van der Waals surface area contributed by atoms with Crippen LogP contribution in [-0.4, -0.2) is 62.2 Å². The van der Waals surface area contributed by atoms with Crippen LogP contribution < -0.4 is 16.0 Å². The Hall–Kier alpha value is -2.12. The maximum atomic E-state index is 12.2. The number of benzene rings is 1. The van der Waals surface area contributed by atoms with E-state index in [1.807, 2.05) is 18.2 Å². The summed E-state index contributed by atoms with van der Waals surface area (Å²) in [6.07, 6.45) is 3.18. The second-order valence-corrected chi connectivity index (χ2v) is 8.51. The van der Waals surface area contributed by atoms with E-state index in [-0.39, 0.29) is 17.4 Å². The number of morpholine rings is 1. The van der Waals surface area contributed by atoms with Gasteiger partial charge in [-0.05, 0) is 44.4 Å². The van der Waals surface area contributed by atoms with Gasteiger partial charge in [-0.3, -0.25) is 14.7 Å². The minimum atomic E-state index is 0.0210. The lowest BCUT2D eigenvalue weighted by molar-refractivity contribution is -0.122. The third-order valence-electron chi connectivity index (χ3n) is 5.91. The number of rotatable bonds is 7. The highest BCUT2D eigenvalue weighted by atomic mass is 16.5. The molecule has 1 aliphatic heterocycles. The van der Waals surface area contributed by atoms with Gasteiger partial charge in [-0.25, -0.2) is 0 Å². The fourth-order valence-electron chi connectivity index (χ4n) is 3.66. The van der Waals surface area contributed by atoms with Gasteiger partial charge in [0.2, 0.25) is 5.91 Å². The number of hydrogen-bond acceptors (Lipinski definition) is 4. The lowest BCUT2D eigenvalue weighted by Crippen LogP contribution is -2.56. The van der Waals surface area contributed by atoms with Crippen LogP contribution in [0.2, 0.25) is 0 Å². The zero-order chi connectivity index (χ0) is 20.7. The molecule has 7 nitrogen and oxygen atoms in total. The first-order valence-electron chi connectivity index (χ1n) is 10.6. The number of amides is 1. The number of nitrogens with one attached hydrogen (secondary N) is 3. The largest absolute Gasteiger partial charge is 0.379 e. The number of carbonyl (C=O) groups excluding carboxylic acids is 1. The molecule has 0 aromatic heterocycles. The van der Waals surface area contributed by atoms with E-state index in [9.17, 15) is 4.79 Å². The quantitative estimate of drug-likeness (QED) is 0.482. The molecule has 0 bridgehead atoms. The fraction of sp³-hybridized carbons (Fsp3) is 0.636. The minimum absolute atomic E-state index is 0.0210. The summed E-state index contributed by atoms with van der Waals surface area (Å²) < 4.78 is 5.46. The van der Waals surface area contributed by atoms with Gasteiger partial charge >= 0.3 is 0 Å². The molecule has 1 aromatic rings. The van der Waals surface area contributed by atoms with Gasteiger partial charge in [0, 0.05) is 50.4 Å². The van der Waals surface area contributed by atoms with Crippen LogP contribution in [0.15, 0.2) is 29.3 Å². The van der Waals surface area contributed by atoms with E-state index in [0.29, 0.717) is 6.54 Å². The number of anilines is 1. The first-order chi connectivity index (χ1) is 14.0. The summed E-state index contributed by atoms with van der Waals surface area (Å²) in [7, 11) is 1.78. The molecule has 3 N–H and O–H groups in total. The normalized spacial score (nSPS) is 18.8. The maximum Gasteiger partial charge on any atom is 0.227 e. The zero-order valence-corrected chi connectivity index (χ0v) is 18.0. The Morgan fingerprint density at radius 1 is 1.24 bits per heavy atom. The van der Waals surface area contributed by atoms with Crippen molar-refractivity contribution in [3.05, 3.63) is 29.8 Å². The monoisotopic (exact) mass is 401 g/mol. The molecular weight excluding hydrogens is 366 g/mol. The zero-order valence-electron chi connectivity index (χ0n) is 18.0. The summed E-state index contributed by atoms with van der Waals surface area (Å²) >= 11 is 0. The van der Waals surface area contributed by atoms with Crippen molar-refractivity contribution in [2.24, 2.45) is 10.9 Å². The summed E-state index contributed by atoms with van der Waals surface area (Å²) in [5.41, 5.74) is 1.98. The molecule has 29 heavy (non-hydrogen) atoms. The van der Waals surface area contributed by atoms with Crippen LogP contribution in [0.5, 0.6) is 0 Å². The maximum absolute atomic E-state index is 12.2. The molecule has 0 unspecified atom stereocenters. The van der Waals surface area contributed by atoms with Crippen molar-refractivity contribution in [2.75, 3.05) is 45.2 Å². The van der Waals surface area contributed by atoms with E-state index >= 15 is 0 Å². The van der Waals surface area contributed by atoms with Gasteiger partial charge in [0.05, 0.1) is 13.2 Å². The highest BCUT2D eigenvalue weighted by Gasteiger charge is 2.28. The predicted molar refractivity (Wildman–Crippen MR) is 117 cm³/mol. The smallest absolute Gasteiger partial charge is 0.227 e. The third-order valence-corrected chi connectivity index (χ3v) is 5.91. The van der Waals surface area contributed by atoms with Crippen molar-refractivity contribution in [1.29, 1.82) is 0 Å². The van der Waals surface area contributed by atoms with E-state index in [1.54, 1.807) is 7.05 Å². The van der Waals surface area contributed by atoms with Crippen LogP contribution in [0.4, 0.5) is 5.69 Å². The first kappa shape index (κ1) is 21.6. The van der Waals surface area contributed by atoms with Gasteiger partial charge in [0.25, 0.3) is 0 Å². The average Bonchev–Trinajstić information content (AvgIpc) is 2.67. The number of aliphatic imine (C=N–C) groups is 1. The molecule has 7 heteroatoms. The summed E-state index contributed by atoms with van der Waals surface area (Å²) in [5, 5.41) is 9.85. The van der Waals surface area contributed by atoms with Gasteiger partial charge in [-0.1, -0.05) is 18.6 Å². The predicted octanol–water partition coefficient (Wildman–Crippen LogP) is 2.20. The highest BCUT2D eigenvalue weighted by molar-refractivity contribution is 5.93. The second-order valence-electron chi connectivity index (χ2n) is 8.51. The number of carbonyl (C=O) groups is 1. The van der Waals surface area contributed by atoms with Gasteiger partial charge in [0.1, 0.15) is 0 Å². The van der Waals surface area contributed by atoms with Gasteiger partial charge < -0.3 is 20.7 Å². The van der Waals surface area contributed by atoms with Crippen molar-refractivity contribution in [3.8, 4) is 0 Å². The number of hydrogen-bond donors (Lipinski definition) is 3. The average molecular weight is 402 g/mol. The lowest BCUT2D eigenvalue weighted by Gasteiger charge is -2.41. The van der Waals surface area contributed by atoms with Gasteiger partial charge in [-0.15, -0.1) is 0 Å². The summed E-state index contributed by atoms with van der Waals surface area (Å²) in [5.74, 6) is 1.11. The second kappa shape index (κ2) is 10.1. The Labute approximate surface area is 174 Å². The molecule has 0 atom stereocenters. The van der Waals surface area contributed by atoms with Crippen LogP contribution in [0.25, 0.3) is 0 Å². The van der Waals surface area contributed by atoms with Crippen molar-refractivity contribution in [1.82, 2.24) is 15.5 Å². The number of guanidine groups is 1. The Kier molecular flexibility index (Phi) is 7.50. The Morgan fingerprint density at radius 2 is 2.00 bits per heavy atom. The molecule has 2 aliphatic rings. The lowest BCUT2D eigenvalue weighted by atomic mass is 9.85. The van der Waals surface area contributed by atoms with Crippen LogP contribution in [0.3, 0.4) is 0 Å². The van der Waals surface area contributed by atoms with E-state index in [1.165, 1.54) is 0 Å². The van der Waals surface area contributed by atoms with Crippen molar-refractivity contribution >= 4 is 17.6 Å². The molecule has 160 valence electrons. The SMILES string of the molecule is CN=C(NCc1cccc(NC(=O)C2CCC2)c1)NCC(C)(C)N1CCOCC1. The van der Waals surface area contributed by atoms with E-state index in [0.717, 1.165) is 69.3 Å². The van der Waals surface area contributed by atoms with Crippen molar-refractivity contribution in [3.63, 3.8) is 0 Å². The van der Waals surface area contributed by atoms with Crippen LogP contribution >= 0.6 is 0 Å². The topological polar surface area (TPSA) is 78.0 Å².